The van der Waals surface area contributed by atoms with E-state index in [9.17, 15) is 4.79 Å². The van der Waals surface area contributed by atoms with Crippen LogP contribution in [0.25, 0.3) is 0 Å². The van der Waals surface area contributed by atoms with E-state index in [1.165, 1.54) is 6.92 Å². The predicted octanol–water partition coefficient (Wildman–Crippen LogP) is 0.151. The van der Waals surface area contributed by atoms with Gasteiger partial charge in [0.1, 0.15) is 5.78 Å². The van der Waals surface area contributed by atoms with Gasteiger partial charge in [0.2, 0.25) is 0 Å². The van der Waals surface area contributed by atoms with Crippen LogP contribution >= 0.6 is 0 Å². The normalized spacial score (nSPS) is 6.33. The first-order valence-electron chi connectivity index (χ1n) is 1.56. The van der Waals surface area contributed by atoms with Crippen LogP contribution in [-0.4, -0.2) is 57.2 Å². The Morgan fingerprint density at radius 1 is 1.83 bits per heavy atom. The van der Waals surface area contributed by atoms with E-state index in [1.807, 2.05) is 0 Å². The van der Waals surface area contributed by atoms with E-state index in [0.29, 0.717) is 6.42 Å². The van der Waals surface area contributed by atoms with Gasteiger partial charge in [0.05, 0.1) is 0 Å². The van der Waals surface area contributed by atoms with E-state index in [2.05, 4.69) is 6.92 Å². The topological polar surface area (TPSA) is 17.1 Å². The molecule has 0 atom stereocenters. The monoisotopic (exact) mass is 111 g/mol. The molecule has 1 nitrogen and oxygen atoms in total. The molecule has 0 aliphatic rings. The molecule has 6 heavy (non-hydrogen) atoms. The first kappa shape index (κ1) is 10.3. The summed E-state index contributed by atoms with van der Waals surface area (Å²) in [5.41, 5.74) is 0. The van der Waals surface area contributed by atoms with Gasteiger partial charge in [0, 0.05) is 6.42 Å². The number of rotatable bonds is 1. The van der Waals surface area contributed by atoms with Crippen molar-refractivity contribution in [1.82, 2.24) is 0 Å². The summed E-state index contributed by atoms with van der Waals surface area (Å²) in [6, 6.07) is 0. The van der Waals surface area contributed by atoms with Gasteiger partial charge in [0.25, 0.3) is 0 Å². The molecule has 0 bridgehead atoms. The van der Waals surface area contributed by atoms with E-state index >= 15 is 0 Å². The molecule has 0 rings (SSSR count). The molecule has 0 aromatic rings. The van der Waals surface area contributed by atoms with Gasteiger partial charge < -0.3 is 4.79 Å². The number of ketones is 1. The molecule has 0 spiro atoms. The summed E-state index contributed by atoms with van der Waals surface area (Å²) < 4.78 is 0. The zero-order valence-electron chi connectivity index (χ0n) is 3.32. The Balaban J connectivity index is 0. The minimum atomic E-state index is 0. The Kier molecular flexibility index (Phi) is 10.8. The SMILES string of the molecule is [CH2]CC(C)=O.[KH]. The third kappa shape index (κ3) is 9.00. The number of carbonyl (C=O) groups is 1. The number of Topliss-reactive ketones (excluding diaryl/α,β-unsaturated/α-hetero) is 1. The molecule has 0 aromatic heterocycles. The van der Waals surface area contributed by atoms with Gasteiger partial charge in [0.15, 0.2) is 0 Å². The number of hydrogen-bond acceptors (Lipinski definition) is 1. The second-order valence-electron chi connectivity index (χ2n) is 0.952. The van der Waals surface area contributed by atoms with Gasteiger partial charge >= 0.3 is 51.4 Å². The molecule has 0 heterocycles. The standard InChI is InChI=1S/C4H7O.K.H/c1-3-4(2)5;;/h1,3H2,2H3;;. The summed E-state index contributed by atoms with van der Waals surface area (Å²) in [6.07, 6.45) is 0.417. The van der Waals surface area contributed by atoms with Crippen molar-refractivity contribution < 1.29 is 4.79 Å². The van der Waals surface area contributed by atoms with Crippen molar-refractivity contribution in [3.05, 3.63) is 6.92 Å². The predicted molar refractivity (Wildman–Crippen MR) is 27.8 cm³/mol. The van der Waals surface area contributed by atoms with Gasteiger partial charge in [-0.05, 0) is 13.8 Å². The summed E-state index contributed by atoms with van der Waals surface area (Å²) >= 11 is 0. The Morgan fingerprint density at radius 2 is 2.00 bits per heavy atom. The van der Waals surface area contributed by atoms with E-state index in [4.69, 9.17) is 0 Å². The van der Waals surface area contributed by atoms with Crippen molar-refractivity contribution in [3.63, 3.8) is 0 Å². The zero-order chi connectivity index (χ0) is 4.28. The molecule has 0 aliphatic heterocycles. The molecule has 0 N–H and O–H groups in total. The fourth-order valence-corrected chi connectivity index (χ4v) is 0. The first-order valence-corrected chi connectivity index (χ1v) is 1.56. The summed E-state index contributed by atoms with van der Waals surface area (Å²) in [6.45, 7) is 4.86. The first-order chi connectivity index (χ1) is 2.27. The maximum absolute atomic E-state index is 9.75. The molecule has 0 aliphatic carbocycles. The van der Waals surface area contributed by atoms with E-state index in [1.54, 1.807) is 0 Å². The fraction of sp³-hybridized carbons (Fsp3) is 0.500. The summed E-state index contributed by atoms with van der Waals surface area (Å²) in [5.74, 6) is 0.144. The molecule has 2 heteroatoms. The van der Waals surface area contributed by atoms with E-state index in [0.717, 1.165) is 0 Å². The van der Waals surface area contributed by atoms with Gasteiger partial charge in [-0.25, -0.2) is 0 Å². The van der Waals surface area contributed by atoms with Crippen LogP contribution in [0.15, 0.2) is 0 Å². The van der Waals surface area contributed by atoms with Gasteiger partial charge in [-0.1, -0.05) is 0 Å². The Morgan fingerprint density at radius 3 is 2.00 bits per heavy atom. The van der Waals surface area contributed by atoms with Crippen LogP contribution in [-0.2, 0) is 4.79 Å². The fourth-order valence-electron chi connectivity index (χ4n) is 0. The summed E-state index contributed by atoms with van der Waals surface area (Å²) in [7, 11) is 0. The van der Waals surface area contributed by atoms with Crippen molar-refractivity contribution in [2.45, 2.75) is 13.3 Å². The molecule has 0 saturated carbocycles. The maximum atomic E-state index is 9.75. The van der Waals surface area contributed by atoms with Crippen molar-refractivity contribution >= 4 is 57.2 Å². The van der Waals surface area contributed by atoms with Crippen LogP contribution in [0.4, 0.5) is 0 Å². The van der Waals surface area contributed by atoms with Crippen LogP contribution in [0.3, 0.4) is 0 Å². The Bertz CT molecular complexity index is 42.8. The summed E-state index contributed by atoms with van der Waals surface area (Å²) in [4.78, 5) is 9.75. The van der Waals surface area contributed by atoms with Gasteiger partial charge in [-0.2, -0.15) is 0 Å². The molecule has 0 saturated heterocycles. The van der Waals surface area contributed by atoms with Crippen molar-refractivity contribution in [1.29, 1.82) is 0 Å². The van der Waals surface area contributed by atoms with Crippen LogP contribution in [0.5, 0.6) is 0 Å². The zero-order valence-corrected chi connectivity index (χ0v) is 3.32. The second-order valence-corrected chi connectivity index (χ2v) is 0.952. The second kappa shape index (κ2) is 6.31. The van der Waals surface area contributed by atoms with Crippen molar-refractivity contribution in [3.8, 4) is 0 Å². The molecule has 0 amide bonds. The van der Waals surface area contributed by atoms with E-state index in [-0.39, 0.29) is 57.2 Å². The molecular formula is C4H8KO. The molecule has 0 aromatic carbocycles. The number of hydrogen-bond donors (Lipinski definition) is 0. The van der Waals surface area contributed by atoms with Gasteiger partial charge in [-0.3, -0.25) is 0 Å². The van der Waals surface area contributed by atoms with Gasteiger partial charge in [-0.15, -0.1) is 0 Å². The molecule has 1 radical (unpaired) electrons. The van der Waals surface area contributed by atoms with Crippen LogP contribution in [0, 0.1) is 6.92 Å². The molecule has 31 valence electrons. The van der Waals surface area contributed by atoms with Crippen LogP contribution in [0.1, 0.15) is 13.3 Å². The van der Waals surface area contributed by atoms with Crippen LogP contribution in [0.2, 0.25) is 0 Å². The molecular weight excluding hydrogens is 103 g/mol. The molecule has 0 unspecified atom stereocenters. The van der Waals surface area contributed by atoms with Crippen molar-refractivity contribution in [2.24, 2.45) is 0 Å². The average Bonchev–Trinajstić information content (AvgIpc) is 1.38. The average molecular weight is 111 g/mol. The Hall–Kier alpha value is 1.31. The van der Waals surface area contributed by atoms with Crippen LogP contribution < -0.4 is 0 Å². The quantitative estimate of drug-likeness (QED) is 0.440. The number of carbonyl (C=O) groups excluding carboxylic acids is 1. The minimum absolute atomic E-state index is 0. The third-order valence-corrected chi connectivity index (χ3v) is 0.352. The van der Waals surface area contributed by atoms with Crippen molar-refractivity contribution in [2.75, 3.05) is 0 Å². The Labute approximate surface area is 80.9 Å². The summed E-state index contributed by atoms with van der Waals surface area (Å²) in [5, 5.41) is 0. The molecule has 0 fully saturated rings. The third-order valence-electron chi connectivity index (χ3n) is 0.352. The van der Waals surface area contributed by atoms with E-state index < -0.39 is 0 Å².